The highest BCUT2D eigenvalue weighted by molar-refractivity contribution is 8.13. The SMILES string of the molecule is CN(C)C(=O)Sc1ccc(NC(=O)COc2ccc(Cl)c3cccnc23)cc1. The number of nitrogens with one attached hydrogen (secondary N) is 1. The van der Waals surface area contributed by atoms with Gasteiger partial charge in [-0.05, 0) is 60.3 Å². The number of ether oxygens (including phenoxy) is 1. The summed E-state index contributed by atoms with van der Waals surface area (Å²) in [5.74, 6) is 0.188. The second kappa shape index (κ2) is 8.95. The lowest BCUT2D eigenvalue weighted by Gasteiger charge is -2.11. The van der Waals surface area contributed by atoms with Crippen LogP contribution < -0.4 is 10.1 Å². The van der Waals surface area contributed by atoms with E-state index >= 15 is 0 Å². The van der Waals surface area contributed by atoms with Gasteiger partial charge in [-0.3, -0.25) is 14.6 Å². The molecule has 1 heterocycles. The molecule has 0 spiro atoms. The number of anilines is 1. The molecule has 144 valence electrons. The molecule has 28 heavy (non-hydrogen) atoms. The quantitative estimate of drug-likeness (QED) is 0.612. The number of halogens is 1. The van der Waals surface area contributed by atoms with Gasteiger partial charge in [0.15, 0.2) is 6.61 Å². The third-order valence-corrected chi connectivity index (χ3v) is 5.12. The summed E-state index contributed by atoms with van der Waals surface area (Å²) in [6.07, 6.45) is 1.65. The second-order valence-corrected chi connectivity index (χ2v) is 7.50. The smallest absolute Gasteiger partial charge is 0.285 e. The average molecular weight is 416 g/mol. The van der Waals surface area contributed by atoms with Gasteiger partial charge in [-0.2, -0.15) is 0 Å². The van der Waals surface area contributed by atoms with Crippen molar-refractivity contribution in [1.82, 2.24) is 9.88 Å². The molecule has 1 aromatic heterocycles. The lowest BCUT2D eigenvalue weighted by molar-refractivity contribution is -0.118. The van der Waals surface area contributed by atoms with Crippen LogP contribution in [0.5, 0.6) is 5.75 Å². The van der Waals surface area contributed by atoms with Gasteiger partial charge < -0.3 is 15.0 Å². The van der Waals surface area contributed by atoms with E-state index in [1.807, 2.05) is 6.07 Å². The first-order valence-electron chi connectivity index (χ1n) is 8.39. The summed E-state index contributed by atoms with van der Waals surface area (Å²) in [6.45, 7) is -0.164. The van der Waals surface area contributed by atoms with Gasteiger partial charge in [-0.15, -0.1) is 0 Å². The monoisotopic (exact) mass is 415 g/mol. The summed E-state index contributed by atoms with van der Waals surface area (Å²) in [5, 5.41) is 4.04. The number of thioether (sulfide) groups is 1. The highest BCUT2D eigenvalue weighted by Crippen LogP contribution is 2.29. The Kier molecular flexibility index (Phi) is 6.38. The van der Waals surface area contributed by atoms with Gasteiger partial charge in [0, 0.05) is 36.3 Å². The fourth-order valence-electron chi connectivity index (χ4n) is 2.37. The fraction of sp³-hybridized carbons (Fsp3) is 0.150. The predicted octanol–water partition coefficient (Wildman–Crippen LogP) is 4.68. The van der Waals surface area contributed by atoms with Crippen molar-refractivity contribution in [1.29, 1.82) is 0 Å². The van der Waals surface area contributed by atoms with Gasteiger partial charge in [-0.1, -0.05) is 11.6 Å². The Hall–Kier alpha value is -2.77. The zero-order valence-corrected chi connectivity index (χ0v) is 16.9. The Labute approximate surface area is 171 Å². The average Bonchev–Trinajstić information content (AvgIpc) is 2.69. The minimum absolute atomic E-state index is 0.0611. The van der Waals surface area contributed by atoms with E-state index in [1.54, 1.807) is 62.8 Å². The first-order valence-corrected chi connectivity index (χ1v) is 9.58. The minimum atomic E-state index is -0.302. The zero-order chi connectivity index (χ0) is 20.1. The van der Waals surface area contributed by atoms with Crippen LogP contribution in [0.25, 0.3) is 10.9 Å². The third-order valence-electron chi connectivity index (χ3n) is 3.75. The number of rotatable bonds is 5. The lowest BCUT2D eigenvalue weighted by atomic mass is 10.2. The fourth-order valence-corrected chi connectivity index (χ4v) is 3.24. The summed E-state index contributed by atoms with van der Waals surface area (Å²) in [7, 11) is 3.40. The van der Waals surface area contributed by atoms with Gasteiger partial charge in [0.05, 0.1) is 5.02 Å². The van der Waals surface area contributed by atoms with Crippen molar-refractivity contribution in [2.45, 2.75) is 4.90 Å². The normalized spacial score (nSPS) is 10.5. The molecule has 0 fully saturated rings. The number of hydrogen-bond acceptors (Lipinski definition) is 5. The highest BCUT2D eigenvalue weighted by Gasteiger charge is 2.10. The summed E-state index contributed by atoms with van der Waals surface area (Å²) < 4.78 is 5.62. The number of benzene rings is 2. The van der Waals surface area contributed by atoms with E-state index in [1.165, 1.54) is 4.90 Å². The number of aromatic nitrogens is 1. The van der Waals surface area contributed by atoms with Gasteiger partial charge >= 0.3 is 0 Å². The topological polar surface area (TPSA) is 71.5 Å². The molecule has 0 atom stereocenters. The molecule has 3 rings (SSSR count). The van der Waals surface area contributed by atoms with Crippen molar-refractivity contribution in [3.8, 4) is 5.75 Å². The van der Waals surface area contributed by atoms with Crippen LogP contribution in [0.1, 0.15) is 0 Å². The number of carbonyl (C=O) groups excluding carboxylic acids is 2. The molecule has 2 aromatic carbocycles. The highest BCUT2D eigenvalue weighted by atomic mass is 35.5. The molecule has 6 nitrogen and oxygen atoms in total. The van der Waals surface area contributed by atoms with E-state index in [2.05, 4.69) is 10.3 Å². The van der Waals surface area contributed by atoms with Gasteiger partial charge in [0.1, 0.15) is 11.3 Å². The molecular formula is C20H18ClN3O3S. The molecule has 0 saturated heterocycles. The first kappa shape index (κ1) is 20.0. The van der Waals surface area contributed by atoms with Crippen LogP contribution in [0.2, 0.25) is 5.02 Å². The third kappa shape index (κ3) is 4.94. The van der Waals surface area contributed by atoms with Gasteiger partial charge in [0.25, 0.3) is 11.1 Å². The van der Waals surface area contributed by atoms with Crippen molar-refractivity contribution in [2.75, 3.05) is 26.0 Å². The standard InChI is InChI=1S/C20H18ClN3O3S/c1-24(2)20(26)28-14-7-5-13(6-8-14)23-18(25)12-27-17-10-9-16(21)15-4-3-11-22-19(15)17/h3-11H,12H2,1-2H3,(H,23,25). The summed E-state index contributed by atoms with van der Waals surface area (Å²) in [6, 6.07) is 14.1. The van der Waals surface area contributed by atoms with Crippen LogP contribution in [0.4, 0.5) is 10.5 Å². The van der Waals surface area contributed by atoms with Crippen LogP contribution in [-0.4, -0.2) is 41.7 Å². The van der Waals surface area contributed by atoms with Crippen molar-refractivity contribution in [3.63, 3.8) is 0 Å². The van der Waals surface area contributed by atoms with E-state index < -0.39 is 0 Å². The number of hydrogen-bond donors (Lipinski definition) is 1. The maximum atomic E-state index is 12.2. The molecule has 0 saturated carbocycles. The first-order chi connectivity index (χ1) is 13.4. The van der Waals surface area contributed by atoms with E-state index in [4.69, 9.17) is 16.3 Å². The van der Waals surface area contributed by atoms with Crippen LogP contribution >= 0.6 is 23.4 Å². The molecule has 2 amide bonds. The Morgan fingerprint density at radius 1 is 1.14 bits per heavy atom. The van der Waals surface area contributed by atoms with Crippen LogP contribution in [0.3, 0.4) is 0 Å². The molecule has 1 N–H and O–H groups in total. The van der Waals surface area contributed by atoms with E-state index in [0.717, 1.165) is 22.0 Å². The zero-order valence-electron chi connectivity index (χ0n) is 15.3. The minimum Gasteiger partial charge on any atom is -0.481 e. The molecule has 3 aromatic rings. The maximum absolute atomic E-state index is 12.2. The molecule has 0 aliphatic carbocycles. The van der Waals surface area contributed by atoms with Crippen molar-refractivity contribution in [2.24, 2.45) is 0 Å². The molecular weight excluding hydrogens is 398 g/mol. The number of nitrogens with zero attached hydrogens (tertiary/aromatic N) is 2. The lowest BCUT2D eigenvalue weighted by Crippen LogP contribution is -2.20. The van der Waals surface area contributed by atoms with E-state index in [-0.39, 0.29) is 17.8 Å². The summed E-state index contributed by atoms with van der Waals surface area (Å²) in [4.78, 5) is 30.5. The Morgan fingerprint density at radius 3 is 2.61 bits per heavy atom. The van der Waals surface area contributed by atoms with Crippen LogP contribution in [0.15, 0.2) is 59.6 Å². The second-order valence-electron chi connectivity index (χ2n) is 6.07. The molecule has 0 aliphatic rings. The number of pyridine rings is 1. The van der Waals surface area contributed by atoms with Crippen molar-refractivity contribution in [3.05, 3.63) is 59.8 Å². The predicted molar refractivity (Wildman–Crippen MR) is 112 cm³/mol. The van der Waals surface area contributed by atoms with Gasteiger partial charge in [-0.25, -0.2) is 0 Å². The largest absolute Gasteiger partial charge is 0.481 e. The van der Waals surface area contributed by atoms with Crippen LogP contribution in [0, 0.1) is 0 Å². The molecule has 0 unspecified atom stereocenters. The molecule has 0 aliphatic heterocycles. The number of carbonyl (C=O) groups is 2. The Balaban J connectivity index is 1.59. The van der Waals surface area contributed by atoms with E-state index in [0.29, 0.717) is 22.0 Å². The maximum Gasteiger partial charge on any atom is 0.285 e. The number of fused-ring (bicyclic) bond motifs is 1. The Bertz CT molecular complexity index is 1010. The Morgan fingerprint density at radius 2 is 1.89 bits per heavy atom. The van der Waals surface area contributed by atoms with E-state index in [9.17, 15) is 9.59 Å². The van der Waals surface area contributed by atoms with Crippen molar-refractivity contribution >= 4 is 51.1 Å². The van der Waals surface area contributed by atoms with Crippen molar-refractivity contribution < 1.29 is 14.3 Å². The molecule has 0 bridgehead atoms. The van der Waals surface area contributed by atoms with Crippen LogP contribution in [-0.2, 0) is 4.79 Å². The van der Waals surface area contributed by atoms with Gasteiger partial charge in [0.2, 0.25) is 0 Å². The summed E-state index contributed by atoms with van der Waals surface area (Å²) >= 11 is 7.28. The molecule has 0 radical (unpaired) electrons. The number of amides is 2. The molecule has 8 heteroatoms. The summed E-state index contributed by atoms with van der Waals surface area (Å²) in [5.41, 5.74) is 1.23.